The summed E-state index contributed by atoms with van der Waals surface area (Å²) in [5.41, 5.74) is 5.08. The van der Waals surface area contributed by atoms with Crippen LogP contribution < -0.4 is 10.6 Å². The summed E-state index contributed by atoms with van der Waals surface area (Å²) in [4.78, 5) is 18.2. The van der Waals surface area contributed by atoms with Crippen molar-refractivity contribution in [1.82, 2.24) is 10.3 Å². The van der Waals surface area contributed by atoms with Crippen LogP contribution in [0.5, 0.6) is 0 Å². The molecule has 0 saturated carbocycles. The number of carbonyl (C=O) groups is 1. The van der Waals surface area contributed by atoms with E-state index in [1.165, 1.54) is 16.9 Å². The number of carbonyl (C=O) groups excluding carboxylic acids is 1. The van der Waals surface area contributed by atoms with E-state index >= 15 is 0 Å². The lowest BCUT2D eigenvalue weighted by atomic mass is 10.0. The lowest BCUT2D eigenvalue weighted by molar-refractivity contribution is 0.0949. The molecule has 0 radical (unpaired) electrons. The summed E-state index contributed by atoms with van der Waals surface area (Å²) in [5.74, 6) is -0.00469. The van der Waals surface area contributed by atoms with Gasteiger partial charge in [-0.25, -0.2) is 4.98 Å². The van der Waals surface area contributed by atoms with Crippen LogP contribution in [0.2, 0.25) is 0 Å². The summed E-state index contributed by atoms with van der Waals surface area (Å²) in [5, 5.41) is 8.88. The Kier molecular flexibility index (Phi) is 4.48. The maximum atomic E-state index is 12.6. The summed E-state index contributed by atoms with van der Waals surface area (Å²) in [6.45, 7) is 4.79. The molecule has 146 valence electrons. The Bertz CT molecular complexity index is 1240. The number of rotatable bonds is 2. The average molecular weight is 420 g/mol. The van der Waals surface area contributed by atoms with Crippen molar-refractivity contribution in [3.63, 3.8) is 0 Å². The minimum atomic E-state index is -0.00469. The summed E-state index contributed by atoms with van der Waals surface area (Å²) >= 11 is 6.03. The molecule has 4 nitrogen and oxygen atoms in total. The molecular weight excluding hydrogens is 398 g/mol. The zero-order chi connectivity index (χ0) is 20.1. The third-order valence-corrected chi connectivity index (χ3v) is 6.83. The van der Waals surface area contributed by atoms with Gasteiger partial charge in [0.1, 0.15) is 4.88 Å². The number of benzene rings is 2. The monoisotopic (exact) mass is 419 g/mol. The van der Waals surface area contributed by atoms with Gasteiger partial charge in [0.2, 0.25) is 0 Å². The molecule has 3 heterocycles. The number of thiophene rings is 1. The molecule has 29 heavy (non-hydrogen) atoms. The quantitative estimate of drug-likeness (QED) is 0.368. The van der Waals surface area contributed by atoms with Crippen LogP contribution in [0, 0.1) is 0 Å². The lowest BCUT2D eigenvalue weighted by Gasteiger charge is -2.10. The van der Waals surface area contributed by atoms with Crippen molar-refractivity contribution in [2.24, 2.45) is 0 Å². The van der Waals surface area contributed by atoms with Gasteiger partial charge in [0.05, 0.1) is 16.9 Å². The Morgan fingerprint density at radius 1 is 1.14 bits per heavy atom. The minimum absolute atomic E-state index is 0.00469. The Morgan fingerprint density at radius 3 is 2.69 bits per heavy atom. The largest absolute Gasteiger partial charge is 0.381 e. The first-order chi connectivity index (χ1) is 14.0. The summed E-state index contributed by atoms with van der Waals surface area (Å²) in [6, 6.07) is 16.8. The summed E-state index contributed by atoms with van der Waals surface area (Å²) < 4.78 is 1.10. The molecule has 0 saturated heterocycles. The second-order valence-electron chi connectivity index (χ2n) is 7.56. The zero-order valence-electron chi connectivity index (χ0n) is 16.2. The number of aromatic nitrogens is 1. The van der Waals surface area contributed by atoms with E-state index < -0.39 is 0 Å². The highest BCUT2D eigenvalue weighted by Crippen LogP contribution is 2.41. The molecule has 0 spiro atoms. The van der Waals surface area contributed by atoms with E-state index in [2.05, 4.69) is 72.7 Å². The number of fused-ring (bicyclic) bond motifs is 5. The van der Waals surface area contributed by atoms with Gasteiger partial charge in [-0.1, -0.05) is 24.3 Å². The Hall–Kier alpha value is -2.57. The highest BCUT2D eigenvalue weighted by Gasteiger charge is 2.24. The maximum absolute atomic E-state index is 12.6. The smallest absolute Gasteiger partial charge is 0.263 e. The van der Waals surface area contributed by atoms with E-state index in [1.807, 2.05) is 13.0 Å². The topological polar surface area (TPSA) is 54.0 Å². The number of hydrogen-bond donors (Lipinski definition) is 3. The number of anilines is 1. The standard InChI is InChI=1S/C23H21N3OS2/c1-12-11-24-21-20-16-7-8-17(15-5-3-14(4-6-15)13(2)28)26-18(16)9-10-19(20)29-22(21)23(27)25-12/h3-10,12-13,24,28H,11H2,1-2H3,(H,25,27)/t12-,13?/m1/s1. The van der Waals surface area contributed by atoms with Gasteiger partial charge in [0.25, 0.3) is 5.91 Å². The van der Waals surface area contributed by atoms with Crippen LogP contribution in [0.25, 0.3) is 32.2 Å². The number of thiol groups is 1. The Balaban J connectivity index is 1.64. The first kappa shape index (κ1) is 18.5. The van der Waals surface area contributed by atoms with E-state index in [9.17, 15) is 4.79 Å². The van der Waals surface area contributed by atoms with E-state index in [4.69, 9.17) is 4.98 Å². The number of pyridine rings is 1. The second-order valence-corrected chi connectivity index (χ2v) is 9.39. The molecule has 2 atom stereocenters. The van der Waals surface area contributed by atoms with E-state index in [-0.39, 0.29) is 17.2 Å². The van der Waals surface area contributed by atoms with Gasteiger partial charge in [-0.3, -0.25) is 4.79 Å². The predicted octanol–water partition coefficient (Wildman–Crippen LogP) is 5.65. The first-order valence-corrected chi connectivity index (χ1v) is 11.0. The van der Waals surface area contributed by atoms with E-state index in [0.717, 1.165) is 42.8 Å². The van der Waals surface area contributed by atoms with Crippen LogP contribution >= 0.6 is 24.0 Å². The average Bonchev–Trinajstić information content (AvgIpc) is 3.04. The van der Waals surface area contributed by atoms with Crippen molar-refractivity contribution in [3.8, 4) is 11.3 Å². The summed E-state index contributed by atoms with van der Waals surface area (Å²) in [7, 11) is 0. The number of hydrogen-bond acceptors (Lipinski definition) is 5. The van der Waals surface area contributed by atoms with Gasteiger partial charge in [0.15, 0.2) is 0 Å². The third-order valence-electron chi connectivity index (χ3n) is 5.38. The van der Waals surface area contributed by atoms with Gasteiger partial charge in [-0.15, -0.1) is 11.3 Å². The van der Waals surface area contributed by atoms with Gasteiger partial charge in [-0.2, -0.15) is 12.6 Å². The number of nitrogens with one attached hydrogen (secondary N) is 2. The molecule has 5 rings (SSSR count). The molecular formula is C23H21N3OS2. The fourth-order valence-corrected chi connectivity index (χ4v) is 5.09. The molecule has 1 aliphatic rings. The highest BCUT2D eigenvalue weighted by molar-refractivity contribution is 7.80. The minimum Gasteiger partial charge on any atom is -0.381 e. The van der Waals surface area contributed by atoms with Crippen LogP contribution in [0.3, 0.4) is 0 Å². The molecule has 1 aliphatic heterocycles. The molecule has 0 fully saturated rings. The van der Waals surface area contributed by atoms with Crippen LogP contribution in [-0.4, -0.2) is 23.5 Å². The molecule has 2 N–H and O–H groups in total. The molecule has 1 amide bonds. The molecule has 2 aromatic carbocycles. The van der Waals surface area contributed by atoms with Crippen molar-refractivity contribution in [1.29, 1.82) is 0 Å². The third kappa shape index (κ3) is 3.16. The lowest BCUT2D eigenvalue weighted by Crippen LogP contribution is -2.34. The normalized spacial score (nSPS) is 17.5. The van der Waals surface area contributed by atoms with Crippen molar-refractivity contribution in [2.75, 3.05) is 11.9 Å². The first-order valence-electron chi connectivity index (χ1n) is 9.70. The van der Waals surface area contributed by atoms with Crippen LogP contribution in [0.4, 0.5) is 5.69 Å². The van der Waals surface area contributed by atoms with E-state index in [1.54, 1.807) is 0 Å². The highest BCUT2D eigenvalue weighted by atomic mass is 32.1. The molecule has 6 heteroatoms. The van der Waals surface area contributed by atoms with Crippen LogP contribution in [0.1, 0.15) is 34.3 Å². The number of amides is 1. The van der Waals surface area contributed by atoms with Crippen LogP contribution in [-0.2, 0) is 0 Å². The molecule has 0 bridgehead atoms. The fourth-order valence-electron chi connectivity index (χ4n) is 3.82. The van der Waals surface area contributed by atoms with Gasteiger partial charge >= 0.3 is 0 Å². The Morgan fingerprint density at radius 2 is 1.93 bits per heavy atom. The molecule has 0 aliphatic carbocycles. The summed E-state index contributed by atoms with van der Waals surface area (Å²) in [6.07, 6.45) is 0. The Labute approximate surface area is 178 Å². The molecule has 4 aromatic rings. The molecule has 1 unspecified atom stereocenters. The SMILES string of the molecule is CC(S)c1ccc(-c2ccc3c(ccc4sc5c(c43)NC[C@@H](C)NC5=O)n2)cc1. The van der Waals surface area contributed by atoms with Crippen molar-refractivity contribution in [3.05, 3.63) is 59.0 Å². The predicted molar refractivity (Wildman–Crippen MR) is 125 cm³/mol. The van der Waals surface area contributed by atoms with Crippen molar-refractivity contribution >= 4 is 56.5 Å². The fraction of sp³-hybridized carbons (Fsp3) is 0.217. The van der Waals surface area contributed by atoms with Gasteiger partial charge in [0, 0.05) is 38.9 Å². The maximum Gasteiger partial charge on any atom is 0.263 e. The van der Waals surface area contributed by atoms with Crippen LogP contribution in [0.15, 0.2) is 48.5 Å². The zero-order valence-corrected chi connectivity index (χ0v) is 17.9. The van der Waals surface area contributed by atoms with Gasteiger partial charge in [-0.05, 0) is 43.7 Å². The van der Waals surface area contributed by atoms with Crippen molar-refractivity contribution in [2.45, 2.75) is 25.1 Å². The number of nitrogens with zero attached hydrogens (tertiary/aromatic N) is 1. The van der Waals surface area contributed by atoms with E-state index in [0.29, 0.717) is 6.54 Å². The van der Waals surface area contributed by atoms with Crippen molar-refractivity contribution < 1.29 is 4.79 Å². The van der Waals surface area contributed by atoms with Gasteiger partial charge < -0.3 is 10.6 Å². The molecule has 2 aromatic heterocycles. The second kappa shape index (κ2) is 7.04.